The monoisotopic (exact) mass is 357 g/mol. The van der Waals surface area contributed by atoms with E-state index in [9.17, 15) is 19.1 Å². The van der Waals surface area contributed by atoms with E-state index in [2.05, 4.69) is 21.2 Å². The second-order valence-electron chi connectivity index (χ2n) is 5.67. The Bertz CT molecular complexity index is 578. The first kappa shape index (κ1) is 15.9. The molecule has 114 valence electrons. The van der Waals surface area contributed by atoms with Crippen LogP contribution < -0.4 is 5.32 Å². The SMILES string of the molecule is CC1CCCC(NC(=O)c2ccc(Br)cc2F)(C(=O)O)C1. The number of carbonyl (C=O) groups is 2. The minimum atomic E-state index is -1.30. The van der Waals surface area contributed by atoms with Crippen LogP contribution in [0.3, 0.4) is 0 Å². The van der Waals surface area contributed by atoms with Crippen molar-refractivity contribution in [3.63, 3.8) is 0 Å². The molecule has 2 rings (SSSR count). The molecule has 4 nitrogen and oxygen atoms in total. The van der Waals surface area contributed by atoms with Gasteiger partial charge in [0.15, 0.2) is 0 Å². The zero-order chi connectivity index (χ0) is 15.6. The van der Waals surface area contributed by atoms with E-state index in [1.54, 1.807) is 6.07 Å². The summed E-state index contributed by atoms with van der Waals surface area (Å²) in [5.41, 5.74) is -1.44. The van der Waals surface area contributed by atoms with Crippen molar-refractivity contribution in [2.24, 2.45) is 5.92 Å². The normalized spacial score (nSPS) is 25.4. The Kier molecular flexibility index (Phi) is 4.66. The molecular weight excluding hydrogens is 341 g/mol. The van der Waals surface area contributed by atoms with E-state index in [1.807, 2.05) is 6.92 Å². The van der Waals surface area contributed by atoms with Crippen molar-refractivity contribution in [2.45, 2.75) is 38.1 Å². The van der Waals surface area contributed by atoms with Gasteiger partial charge in [-0.2, -0.15) is 0 Å². The van der Waals surface area contributed by atoms with Crippen LogP contribution in [0.1, 0.15) is 43.0 Å². The van der Waals surface area contributed by atoms with Crippen molar-refractivity contribution >= 4 is 27.8 Å². The Morgan fingerprint density at radius 1 is 1.48 bits per heavy atom. The van der Waals surface area contributed by atoms with Crippen LogP contribution in [-0.2, 0) is 4.79 Å². The zero-order valence-electron chi connectivity index (χ0n) is 11.7. The summed E-state index contributed by atoms with van der Waals surface area (Å²) < 4.78 is 14.3. The largest absolute Gasteiger partial charge is 0.480 e. The average molecular weight is 358 g/mol. The molecule has 1 aromatic rings. The predicted molar refractivity (Wildman–Crippen MR) is 79.6 cm³/mol. The van der Waals surface area contributed by atoms with Crippen molar-refractivity contribution in [1.82, 2.24) is 5.32 Å². The molecular formula is C15H17BrFNO3. The highest BCUT2D eigenvalue weighted by atomic mass is 79.9. The number of carbonyl (C=O) groups excluding carboxylic acids is 1. The molecule has 1 fully saturated rings. The number of carboxylic acids is 1. The fraction of sp³-hybridized carbons (Fsp3) is 0.467. The molecule has 0 bridgehead atoms. The highest BCUT2D eigenvalue weighted by molar-refractivity contribution is 9.10. The Morgan fingerprint density at radius 2 is 2.19 bits per heavy atom. The molecule has 1 aromatic carbocycles. The van der Waals surface area contributed by atoms with E-state index in [1.165, 1.54) is 12.1 Å². The molecule has 1 saturated carbocycles. The minimum Gasteiger partial charge on any atom is -0.480 e. The lowest BCUT2D eigenvalue weighted by Crippen LogP contribution is -2.56. The van der Waals surface area contributed by atoms with Gasteiger partial charge in [0.2, 0.25) is 0 Å². The Hall–Kier alpha value is -1.43. The second-order valence-corrected chi connectivity index (χ2v) is 6.58. The van der Waals surface area contributed by atoms with Gasteiger partial charge in [-0.3, -0.25) is 4.79 Å². The van der Waals surface area contributed by atoms with Gasteiger partial charge in [0.25, 0.3) is 5.91 Å². The molecule has 0 saturated heterocycles. The zero-order valence-corrected chi connectivity index (χ0v) is 13.2. The topological polar surface area (TPSA) is 66.4 Å². The van der Waals surface area contributed by atoms with Crippen LogP contribution in [0.4, 0.5) is 4.39 Å². The number of carboxylic acid groups (broad SMARTS) is 1. The molecule has 2 atom stereocenters. The number of aliphatic carboxylic acids is 1. The van der Waals surface area contributed by atoms with Crippen LogP contribution in [0.15, 0.2) is 22.7 Å². The van der Waals surface area contributed by atoms with Gasteiger partial charge in [-0.1, -0.05) is 35.7 Å². The van der Waals surface area contributed by atoms with E-state index in [4.69, 9.17) is 0 Å². The highest BCUT2D eigenvalue weighted by Crippen LogP contribution is 2.33. The molecule has 1 aliphatic carbocycles. The minimum absolute atomic E-state index is 0.142. The fourth-order valence-corrected chi connectivity index (χ4v) is 3.20. The summed E-state index contributed by atoms with van der Waals surface area (Å²) >= 11 is 3.12. The number of hydrogen-bond acceptors (Lipinski definition) is 2. The van der Waals surface area contributed by atoms with E-state index in [0.29, 0.717) is 17.3 Å². The second kappa shape index (κ2) is 6.13. The molecule has 1 amide bonds. The molecule has 0 aromatic heterocycles. The van der Waals surface area contributed by atoms with E-state index < -0.39 is 23.2 Å². The molecule has 6 heteroatoms. The maximum absolute atomic E-state index is 13.8. The standard InChI is InChI=1S/C15H17BrFNO3/c1-9-3-2-6-15(8-9,14(20)21)18-13(19)11-5-4-10(16)7-12(11)17/h4-5,7,9H,2-3,6,8H2,1H3,(H,18,19)(H,20,21). The lowest BCUT2D eigenvalue weighted by atomic mass is 9.76. The third kappa shape index (κ3) is 3.43. The van der Waals surface area contributed by atoms with Crippen molar-refractivity contribution < 1.29 is 19.1 Å². The summed E-state index contributed by atoms with van der Waals surface area (Å²) in [6.07, 6.45) is 2.41. The summed E-state index contributed by atoms with van der Waals surface area (Å²) in [5, 5.41) is 12.0. The van der Waals surface area contributed by atoms with E-state index in [0.717, 1.165) is 12.8 Å². The van der Waals surface area contributed by atoms with Gasteiger partial charge in [-0.25, -0.2) is 9.18 Å². The summed E-state index contributed by atoms with van der Waals surface area (Å²) in [7, 11) is 0. The molecule has 0 spiro atoms. The quantitative estimate of drug-likeness (QED) is 0.871. The maximum Gasteiger partial charge on any atom is 0.329 e. The average Bonchev–Trinajstić information content (AvgIpc) is 2.38. The van der Waals surface area contributed by atoms with Gasteiger partial charge < -0.3 is 10.4 Å². The van der Waals surface area contributed by atoms with Gasteiger partial charge in [-0.15, -0.1) is 0 Å². The van der Waals surface area contributed by atoms with E-state index in [-0.39, 0.29) is 11.5 Å². The van der Waals surface area contributed by atoms with Crippen LogP contribution in [0.25, 0.3) is 0 Å². The van der Waals surface area contributed by atoms with Crippen molar-refractivity contribution in [2.75, 3.05) is 0 Å². The number of halogens is 2. The highest BCUT2D eigenvalue weighted by Gasteiger charge is 2.43. The fourth-order valence-electron chi connectivity index (χ4n) is 2.87. The van der Waals surface area contributed by atoms with Crippen molar-refractivity contribution in [3.8, 4) is 0 Å². The van der Waals surface area contributed by atoms with Crippen LogP contribution in [-0.4, -0.2) is 22.5 Å². The third-order valence-corrected chi connectivity index (χ3v) is 4.43. The number of rotatable bonds is 3. The van der Waals surface area contributed by atoms with Crippen LogP contribution in [0, 0.1) is 11.7 Å². The molecule has 2 unspecified atom stereocenters. The number of amides is 1. The van der Waals surface area contributed by atoms with Crippen molar-refractivity contribution in [3.05, 3.63) is 34.1 Å². The Balaban J connectivity index is 2.24. The number of nitrogens with one attached hydrogen (secondary N) is 1. The van der Waals surface area contributed by atoms with Crippen LogP contribution in [0.5, 0.6) is 0 Å². The lowest BCUT2D eigenvalue weighted by Gasteiger charge is -2.37. The van der Waals surface area contributed by atoms with Gasteiger partial charge in [-0.05, 0) is 37.0 Å². The number of benzene rings is 1. The maximum atomic E-state index is 13.8. The lowest BCUT2D eigenvalue weighted by molar-refractivity contribution is -0.146. The van der Waals surface area contributed by atoms with E-state index >= 15 is 0 Å². The van der Waals surface area contributed by atoms with Crippen molar-refractivity contribution in [1.29, 1.82) is 0 Å². The first-order valence-electron chi connectivity index (χ1n) is 6.85. The first-order valence-corrected chi connectivity index (χ1v) is 7.64. The molecule has 0 heterocycles. The van der Waals surface area contributed by atoms with Gasteiger partial charge in [0, 0.05) is 4.47 Å². The van der Waals surface area contributed by atoms with Gasteiger partial charge >= 0.3 is 5.97 Å². The van der Waals surface area contributed by atoms with Crippen LogP contribution in [0.2, 0.25) is 0 Å². The molecule has 1 aliphatic rings. The molecule has 0 aliphatic heterocycles. The summed E-state index contributed by atoms with van der Waals surface area (Å²) in [5.74, 6) is -2.20. The molecule has 0 radical (unpaired) electrons. The third-order valence-electron chi connectivity index (χ3n) is 3.94. The van der Waals surface area contributed by atoms with Gasteiger partial charge in [0.05, 0.1) is 5.56 Å². The smallest absolute Gasteiger partial charge is 0.329 e. The van der Waals surface area contributed by atoms with Crippen LogP contribution >= 0.6 is 15.9 Å². The first-order chi connectivity index (χ1) is 9.84. The predicted octanol–water partition coefficient (Wildman–Crippen LogP) is 3.35. The Morgan fingerprint density at radius 3 is 2.76 bits per heavy atom. The van der Waals surface area contributed by atoms with Gasteiger partial charge in [0.1, 0.15) is 11.4 Å². The summed E-state index contributed by atoms with van der Waals surface area (Å²) in [6.45, 7) is 1.96. The molecule has 2 N–H and O–H groups in total. The number of hydrogen-bond donors (Lipinski definition) is 2. The summed E-state index contributed by atoms with van der Waals surface area (Å²) in [6, 6.07) is 4.08. The molecule has 21 heavy (non-hydrogen) atoms. The summed E-state index contributed by atoms with van der Waals surface area (Å²) in [4.78, 5) is 23.8. The Labute approximate surface area is 130 Å².